The van der Waals surface area contributed by atoms with E-state index in [1.807, 2.05) is 6.92 Å². The van der Waals surface area contributed by atoms with Gasteiger partial charge in [0.1, 0.15) is 12.6 Å². The number of carboxylic acid groups (broad SMARTS) is 1. The molecule has 0 aliphatic carbocycles. The summed E-state index contributed by atoms with van der Waals surface area (Å²) in [4.78, 5) is 11.9. The van der Waals surface area contributed by atoms with Gasteiger partial charge in [-0.25, -0.2) is 4.79 Å². The van der Waals surface area contributed by atoms with Crippen molar-refractivity contribution in [3.63, 3.8) is 0 Å². The summed E-state index contributed by atoms with van der Waals surface area (Å²) in [6.07, 6.45) is 8.49. The first-order valence-corrected chi connectivity index (χ1v) is 9.73. The van der Waals surface area contributed by atoms with Crippen molar-refractivity contribution in [2.24, 2.45) is 0 Å². The maximum atomic E-state index is 11.9. The zero-order valence-corrected chi connectivity index (χ0v) is 15.9. The molecule has 0 spiro atoms. The van der Waals surface area contributed by atoms with Gasteiger partial charge in [-0.1, -0.05) is 53.4 Å². The molecule has 2 N–H and O–H groups in total. The normalized spacial score (nSPS) is 14.7. The van der Waals surface area contributed by atoms with Crippen molar-refractivity contribution in [1.82, 2.24) is 0 Å². The second-order valence-electron chi connectivity index (χ2n) is 6.99. The predicted octanol–water partition coefficient (Wildman–Crippen LogP) is 4.21. The van der Waals surface area contributed by atoms with Crippen molar-refractivity contribution >= 4 is 5.97 Å². The molecule has 0 aliphatic rings. The number of unbranched alkanes of at least 4 members (excludes halogenated alkanes) is 3. The Labute approximate surface area is 143 Å². The average molecular weight is 331 g/mol. The maximum Gasteiger partial charge on any atom is 0.362 e. The summed E-state index contributed by atoms with van der Waals surface area (Å²) in [6.45, 7) is 10.7. The average Bonchev–Trinajstić information content (AvgIpc) is 2.49. The molecule has 138 valence electrons. The first kappa shape index (κ1) is 22.4. The first-order valence-electron chi connectivity index (χ1n) is 9.73. The van der Waals surface area contributed by atoms with Gasteiger partial charge in [0, 0.05) is 6.42 Å². The van der Waals surface area contributed by atoms with Gasteiger partial charge >= 0.3 is 5.97 Å². The molecule has 4 nitrogen and oxygen atoms in total. The van der Waals surface area contributed by atoms with E-state index >= 15 is 0 Å². The fourth-order valence-corrected chi connectivity index (χ4v) is 3.85. The second-order valence-corrected chi connectivity index (χ2v) is 6.99. The van der Waals surface area contributed by atoms with Gasteiger partial charge in [-0.05, 0) is 25.7 Å². The van der Waals surface area contributed by atoms with E-state index in [1.165, 1.54) is 12.8 Å². The van der Waals surface area contributed by atoms with Crippen LogP contribution in [0.4, 0.5) is 0 Å². The molecule has 0 saturated carbocycles. The quantitative estimate of drug-likeness (QED) is 0.349. The molecule has 0 aromatic rings. The van der Waals surface area contributed by atoms with Gasteiger partial charge in [-0.15, -0.1) is 0 Å². The Kier molecular flexibility index (Phi) is 12.4. The first-order chi connectivity index (χ1) is 11.0. The molecule has 4 heteroatoms. The standard InChI is InChI=1S/C19H39NO3/c1-5-9-10-11-13-17(21)16-20(14-7-3,15-8-4)18(12-6-2)19(22)23/h17-18,21H,5-16H2,1-4H3/p+1. The van der Waals surface area contributed by atoms with Gasteiger partial charge in [-0.3, -0.25) is 0 Å². The van der Waals surface area contributed by atoms with E-state index in [4.69, 9.17) is 0 Å². The van der Waals surface area contributed by atoms with Crippen LogP contribution in [0, 0.1) is 0 Å². The Morgan fingerprint density at radius 3 is 1.91 bits per heavy atom. The highest BCUT2D eigenvalue weighted by molar-refractivity contribution is 5.72. The maximum absolute atomic E-state index is 11.9. The largest absolute Gasteiger partial charge is 0.477 e. The van der Waals surface area contributed by atoms with E-state index in [1.54, 1.807) is 0 Å². The highest BCUT2D eigenvalue weighted by atomic mass is 16.4. The van der Waals surface area contributed by atoms with Crippen LogP contribution in [0.1, 0.15) is 85.5 Å². The molecule has 0 rings (SSSR count). The van der Waals surface area contributed by atoms with Crippen LogP contribution in [0.5, 0.6) is 0 Å². The summed E-state index contributed by atoms with van der Waals surface area (Å²) in [5.41, 5.74) is 0. The molecule has 0 aromatic heterocycles. The van der Waals surface area contributed by atoms with Crippen LogP contribution in [0.3, 0.4) is 0 Å². The van der Waals surface area contributed by atoms with E-state index < -0.39 is 5.97 Å². The molecule has 0 bridgehead atoms. The minimum atomic E-state index is -0.702. The van der Waals surface area contributed by atoms with Gasteiger partial charge in [0.2, 0.25) is 0 Å². The number of hydrogen-bond acceptors (Lipinski definition) is 2. The van der Waals surface area contributed by atoms with E-state index in [0.717, 1.165) is 51.6 Å². The highest BCUT2D eigenvalue weighted by Crippen LogP contribution is 2.23. The topological polar surface area (TPSA) is 57.5 Å². The lowest BCUT2D eigenvalue weighted by atomic mass is 10.0. The summed E-state index contributed by atoms with van der Waals surface area (Å²) in [6, 6.07) is -0.384. The third-order valence-electron chi connectivity index (χ3n) is 4.81. The van der Waals surface area contributed by atoms with Gasteiger partial charge in [0.05, 0.1) is 13.1 Å². The van der Waals surface area contributed by atoms with Gasteiger partial charge < -0.3 is 14.7 Å². The van der Waals surface area contributed by atoms with Gasteiger partial charge in [0.25, 0.3) is 0 Å². The van der Waals surface area contributed by atoms with E-state index in [9.17, 15) is 15.0 Å². The Morgan fingerprint density at radius 1 is 0.870 bits per heavy atom. The van der Waals surface area contributed by atoms with E-state index in [0.29, 0.717) is 17.4 Å². The fourth-order valence-electron chi connectivity index (χ4n) is 3.85. The van der Waals surface area contributed by atoms with Crippen LogP contribution >= 0.6 is 0 Å². The predicted molar refractivity (Wildman–Crippen MR) is 96.5 cm³/mol. The van der Waals surface area contributed by atoms with Crippen LogP contribution in [0.15, 0.2) is 0 Å². The highest BCUT2D eigenvalue weighted by Gasteiger charge is 2.41. The molecule has 23 heavy (non-hydrogen) atoms. The summed E-state index contributed by atoms with van der Waals surface area (Å²) in [5.74, 6) is -0.702. The molecule has 2 unspecified atom stereocenters. The molecule has 0 heterocycles. The lowest BCUT2D eigenvalue weighted by Gasteiger charge is -2.44. The minimum absolute atomic E-state index is 0.384. The second kappa shape index (κ2) is 12.8. The fraction of sp³-hybridized carbons (Fsp3) is 0.947. The number of carboxylic acids is 1. The van der Waals surface area contributed by atoms with Crippen molar-refractivity contribution in [2.45, 2.75) is 97.6 Å². The van der Waals surface area contributed by atoms with Crippen molar-refractivity contribution in [1.29, 1.82) is 0 Å². The molecule has 0 radical (unpaired) electrons. The third kappa shape index (κ3) is 8.16. The zero-order chi connectivity index (χ0) is 17.7. The van der Waals surface area contributed by atoms with E-state index in [2.05, 4.69) is 20.8 Å². The van der Waals surface area contributed by atoms with Crippen molar-refractivity contribution in [3.8, 4) is 0 Å². The van der Waals surface area contributed by atoms with E-state index in [-0.39, 0.29) is 12.1 Å². The van der Waals surface area contributed by atoms with Crippen LogP contribution in [0.25, 0.3) is 0 Å². The van der Waals surface area contributed by atoms with Crippen molar-refractivity contribution < 1.29 is 19.5 Å². The smallest absolute Gasteiger partial charge is 0.362 e. The zero-order valence-electron chi connectivity index (χ0n) is 15.9. The summed E-state index contributed by atoms with van der Waals surface area (Å²) >= 11 is 0. The van der Waals surface area contributed by atoms with Crippen LogP contribution in [-0.2, 0) is 4.79 Å². The third-order valence-corrected chi connectivity index (χ3v) is 4.81. The number of aliphatic hydroxyl groups is 1. The lowest BCUT2D eigenvalue weighted by Crippen LogP contribution is -2.62. The number of aliphatic carboxylic acids is 1. The van der Waals surface area contributed by atoms with Crippen LogP contribution in [0.2, 0.25) is 0 Å². The summed E-state index contributed by atoms with van der Waals surface area (Å²) in [7, 11) is 0. The molecular weight excluding hydrogens is 290 g/mol. The SMILES string of the molecule is CCCCCCC(O)C[N+](CCC)(CCC)C(CCC)C(=O)O. The van der Waals surface area contributed by atoms with Crippen molar-refractivity contribution in [2.75, 3.05) is 19.6 Å². The molecule has 0 aromatic carbocycles. The minimum Gasteiger partial charge on any atom is -0.477 e. The Hall–Kier alpha value is -0.610. The van der Waals surface area contributed by atoms with Crippen LogP contribution in [-0.4, -0.2) is 52.4 Å². The number of nitrogens with zero attached hydrogens (tertiary/aromatic N) is 1. The molecule has 0 amide bonds. The number of hydrogen-bond donors (Lipinski definition) is 2. The number of carbonyl (C=O) groups is 1. The number of quaternary nitrogens is 1. The molecule has 0 fully saturated rings. The molecule has 0 aliphatic heterocycles. The summed E-state index contributed by atoms with van der Waals surface area (Å²) < 4.78 is 0.547. The lowest BCUT2D eigenvalue weighted by molar-refractivity contribution is -0.946. The van der Waals surface area contributed by atoms with Gasteiger partial charge in [0.15, 0.2) is 6.04 Å². The monoisotopic (exact) mass is 330 g/mol. The van der Waals surface area contributed by atoms with Crippen LogP contribution < -0.4 is 0 Å². The number of rotatable bonds is 15. The molecule has 0 saturated heterocycles. The molecule has 2 atom stereocenters. The Balaban J connectivity index is 5.04. The Bertz CT molecular complexity index is 301. The Morgan fingerprint density at radius 2 is 1.48 bits per heavy atom. The summed E-state index contributed by atoms with van der Waals surface area (Å²) in [5, 5.41) is 20.3. The molecular formula is C19H40NO3+. The van der Waals surface area contributed by atoms with Gasteiger partial charge in [-0.2, -0.15) is 0 Å². The van der Waals surface area contributed by atoms with Crippen molar-refractivity contribution in [3.05, 3.63) is 0 Å². The number of aliphatic hydroxyl groups excluding tert-OH is 1.